The van der Waals surface area contributed by atoms with Crippen LogP contribution in [0, 0.1) is 35.5 Å². The fourth-order valence-electron chi connectivity index (χ4n) is 17.6. The summed E-state index contributed by atoms with van der Waals surface area (Å²) in [5, 5.41) is 2.13. The predicted octanol–water partition coefficient (Wildman–Crippen LogP) is 19.2. The smallest absolute Gasteiger partial charge is 0.329 e. The fraction of sp³-hybridized carbons (Fsp3) is 0.711. The van der Waals surface area contributed by atoms with Gasteiger partial charge in [-0.05, 0) is 164 Å². The Bertz CT molecular complexity index is 2970. The number of allylic oxidation sites excluding steroid dienone is 2. The topological polar surface area (TPSA) is 170 Å². The summed E-state index contributed by atoms with van der Waals surface area (Å²) >= 11 is 4.45. The molecule has 2 aromatic carbocycles. The fourth-order valence-corrected chi connectivity index (χ4v) is 34.7. The Labute approximate surface area is 648 Å². The van der Waals surface area contributed by atoms with Crippen molar-refractivity contribution in [1.29, 1.82) is 0 Å². The number of amides is 1. The van der Waals surface area contributed by atoms with E-state index >= 15 is 9.59 Å². The molecular weight excluding hydrogens is 1560 g/mol. The molecular formula is C83H135I2NO13Si3. The maximum atomic E-state index is 15.3. The van der Waals surface area contributed by atoms with Crippen LogP contribution in [0.1, 0.15) is 229 Å². The molecule has 4 rings (SSSR count). The molecule has 2 fully saturated rings. The van der Waals surface area contributed by atoms with Crippen LogP contribution in [0.4, 0.5) is 0 Å². The van der Waals surface area contributed by atoms with Gasteiger partial charge in [0, 0.05) is 64.6 Å². The zero-order valence-corrected chi connectivity index (χ0v) is 74.6. The first-order valence-corrected chi connectivity index (χ1v) is 47.1. The van der Waals surface area contributed by atoms with Crippen LogP contribution in [0.2, 0.25) is 38.3 Å². The van der Waals surface area contributed by atoms with Crippen LogP contribution in [0.5, 0.6) is 0 Å². The molecule has 2 aromatic rings. The SMILES string of the molecule is CO[C@@H](C[C@H](CC[C@@H](C)C(=O)C(=O)C(=O)N1CCCC[C@H]1C(=O)O[C@@H](CC(=O)[C@H](C)/C=C(\C)[C@@H](O[Si](C(C)C)(C(C)C)C(C)C)[C@@H](OC)C(=O)[C@H](C)C[C@H](C)/C=C/I)[C@H](C)C[C@@H]1CC[C@@H](O[Si](c2ccccc2)(c2ccccc2)C(C)(C)C)[C@H](OC)C1)O[Si](C(C)C)(C(C)C)C(C)C)/C(C)=C/I. The first-order valence-electron chi connectivity index (χ1n) is 38.4. The molecule has 19 heteroatoms. The van der Waals surface area contributed by atoms with Crippen molar-refractivity contribution in [2.24, 2.45) is 35.5 Å². The van der Waals surface area contributed by atoms with Gasteiger partial charge in [-0.1, -0.05) is 256 Å². The predicted molar refractivity (Wildman–Crippen MR) is 442 cm³/mol. The van der Waals surface area contributed by atoms with E-state index in [4.69, 9.17) is 32.2 Å². The molecule has 0 spiro atoms. The highest BCUT2D eigenvalue weighted by atomic mass is 127. The van der Waals surface area contributed by atoms with Crippen LogP contribution in [-0.2, 0) is 61.0 Å². The number of esters is 1. The summed E-state index contributed by atoms with van der Waals surface area (Å²) in [5.41, 5.74) is 3.28. The molecule has 0 unspecified atom stereocenters. The van der Waals surface area contributed by atoms with E-state index in [0.717, 1.165) is 24.0 Å². The number of likely N-dealkylation sites (tertiary alicyclic amines) is 1. The highest BCUT2D eigenvalue weighted by Gasteiger charge is 2.54. The van der Waals surface area contributed by atoms with E-state index in [0.29, 0.717) is 68.0 Å². The summed E-state index contributed by atoms with van der Waals surface area (Å²) in [6.45, 7) is 47.3. The van der Waals surface area contributed by atoms with E-state index in [-0.39, 0.29) is 101 Å². The number of carbonyl (C=O) groups is 6. The van der Waals surface area contributed by atoms with Crippen molar-refractivity contribution < 1.29 is 61.0 Å². The molecule has 0 radical (unpaired) electrons. The Morgan fingerprint density at radius 1 is 0.627 bits per heavy atom. The van der Waals surface area contributed by atoms with Gasteiger partial charge in [-0.2, -0.15) is 0 Å². The monoisotopic (exact) mass is 1690 g/mol. The minimum atomic E-state index is -2.96. The summed E-state index contributed by atoms with van der Waals surface area (Å²) < 4.78 is 52.1. The number of piperidine rings is 1. The highest BCUT2D eigenvalue weighted by Crippen LogP contribution is 2.47. The van der Waals surface area contributed by atoms with Crippen molar-refractivity contribution in [1.82, 2.24) is 4.90 Å². The molecule has 1 aliphatic carbocycles. The van der Waals surface area contributed by atoms with Gasteiger partial charge >= 0.3 is 5.97 Å². The van der Waals surface area contributed by atoms with Gasteiger partial charge in [0.25, 0.3) is 20.0 Å². The van der Waals surface area contributed by atoms with E-state index in [1.807, 2.05) is 61.0 Å². The average Bonchev–Trinajstić information content (AvgIpc) is 0.735. The molecule has 102 heavy (non-hydrogen) atoms. The number of ketones is 4. The molecule has 576 valence electrons. The van der Waals surface area contributed by atoms with Crippen LogP contribution in [0.25, 0.3) is 0 Å². The number of nitrogens with zero attached hydrogens (tertiary/aromatic N) is 1. The second-order valence-electron chi connectivity index (χ2n) is 33.2. The van der Waals surface area contributed by atoms with E-state index in [2.05, 4.69) is 211 Å². The molecule has 1 saturated heterocycles. The van der Waals surface area contributed by atoms with E-state index in [1.165, 1.54) is 15.3 Å². The molecule has 1 saturated carbocycles. The first-order chi connectivity index (χ1) is 47.8. The number of methoxy groups -OCH3 is 3. The van der Waals surface area contributed by atoms with Crippen LogP contribution in [-0.4, -0.2) is 142 Å². The lowest BCUT2D eigenvalue weighted by atomic mass is 9.78. The third-order valence-electron chi connectivity index (χ3n) is 23.2. The molecule has 1 amide bonds. The number of ether oxygens (including phenoxy) is 4. The quantitative estimate of drug-likeness (QED) is 0.0154. The summed E-state index contributed by atoms with van der Waals surface area (Å²) in [5.74, 6) is -5.88. The van der Waals surface area contributed by atoms with Crippen molar-refractivity contribution in [3.05, 3.63) is 92.1 Å². The van der Waals surface area contributed by atoms with Gasteiger partial charge in [0.2, 0.25) is 22.4 Å². The van der Waals surface area contributed by atoms with Crippen LogP contribution >= 0.6 is 45.2 Å². The van der Waals surface area contributed by atoms with Gasteiger partial charge in [-0.3, -0.25) is 24.0 Å². The number of hydrogen-bond acceptors (Lipinski definition) is 13. The van der Waals surface area contributed by atoms with E-state index < -0.39 is 84.6 Å². The van der Waals surface area contributed by atoms with Gasteiger partial charge in [-0.25, -0.2) is 4.79 Å². The minimum absolute atomic E-state index is 0.0542. The largest absolute Gasteiger partial charge is 0.460 e. The van der Waals surface area contributed by atoms with Gasteiger partial charge in [0.15, 0.2) is 5.78 Å². The zero-order chi connectivity index (χ0) is 76.9. The summed E-state index contributed by atoms with van der Waals surface area (Å²) in [4.78, 5) is 90.1. The Hall–Kier alpha value is -2.85. The van der Waals surface area contributed by atoms with Gasteiger partial charge in [0.05, 0.1) is 24.4 Å². The van der Waals surface area contributed by atoms with Gasteiger partial charge in [-0.15, -0.1) is 0 Å². The third kappa shape index (κ3) is 23.1. The van der Waals surface area contributed by atoms with Gasteiger partial charge < -0.3 is 37.1 Å². The molecule has 0 aromatic heterocycles. The minimum Gasteiger partial charge on any atom is -0.460 e. The Kier molecular flexibility index (Phi) is 37.9. The van der Waals surface area contributed by atoms with Crippen molar-refractivity contribution >= 4 is 116 Å². The van der Waals surface area contributed by atoms with E-state index in [1.54, 1.807) is 28.3 Å². The normalized spacial score (nSPS) is 20.9. The molecule has 14 atom stereocenters. The first kappa shape index (κ1) is 91.5. The van der Waals surface area contributed by atoms with Crippen LogP contribution in [0.3, 0.4) is 0 Å². The molecule has 0 bridgehead atoms. The maximum Gasteiger partial charge on any atom is 0.329 e. The average molecular weight is 1690 g/mol. The maximum absolute atomic E-state index is 15.3. The number of rotatable bonds is 42. The van der Waals surface area contributed by atoms with Crippen LogP contribution in [0.15, 0.2) is 92.1 Å². The standard InChI is InChI=1S/C83H135I2NO13Si3/c1-53(2)100(54(3)4,55(5)6)97-67(50-73(93-23)65(19)52-85)41-39-60(14)76(88)78(90)81(91)86-45-33-32-38-70(86)82(92)96-74(62(16)48-66-40-42-72(75(49-66)94-24)98-102(83(20,21)22,68-34-28-26-29-35-68)69-36-30-27-31-37-69)51-71(87)61(15)47-64(18)79(99-101(56(7)8,57(9)10)58(11)12)80(95-25)77(89)63(17)46-59(13)43-44-84/h26-31,34-37,43-44,47,52-63,66-67,70,72-75,79-80H,32-33,38-42,45-46,48-51H2,1-25H3/b44-43+,64-47+,65-52+/t59-,60-,61-,62-,63-,66+,67+,70+,72-,73+,74+,75-,79-,80+/m1/s1. The highest BCUT2D eigenvalue weighted by molar-refractivity contribution is 14.1. The molecule has 1 aliphatic heterocycles. The summed E-state index contributed by atoms with van der Waals surface area (Å²) in [7, 11) is -3.03. The van der Waals surface area contributed by atoms with Crippen molar-refractivity contribution in [2.45, 2.75) is 316 Å². The van der Waals surface area contributed by atoms with Crippen molar-refractivity contribution in [3.63, 3.8) is 0 Å². The number of halogens is 2. The number of benzene rings is 2. The lowest BCUT2D eigenvalue weighted by Gasteiger charge is -2.48. The van der Waals surface area contributed by atoms with Crippen LogP contribution < -0.4 is 10.4 Å². The third-order valence-corrected chi connectivity index (χ3v) is 41.9. The van der Waals surface area contributed by atoms with Gasteiger partial charge in [0.1, 0.15) is 24.0 Å². The Balaban J connectivity index is 1.77. The lowest BCUT2D eigenvalue weighted by Crippen LogP contribution is -2.68. The number of Topliss-reactive ketones (excluding diaryl/α,β-unsaturated/α-hetero) is 4. The lowest BCUT2D eigenvalue weighted by molar-refractivity contribution is -0.166. The second kappa shape index (κ2) is 42.2. The summed E-state index contributed by atoms with van der Waals surface area (Å²) in [6, 6.07) is 20.1. The molecule has 2 aliphatic rings. The Morgan fingerprint density at radius 2 is 1.17 bits per heavy atom. The van der Waals surface area contributed by atoms with E-state index in [9.17, 15) is 19.2 Å². The molecule has 14 nitrogen and oxygen atoms in total. The molecule has 0 N–H and O–H groups in total. The number of carbonyl (C=O) groups excluding carboxylic acids is 6. The second-order valence-corrected chi connectivity index (χ2v) is 49.6. The number of hydrogen-bond donors (Lipinski definition) is 0. The van der Waals surface area contributed by atoms with Crippen molar-refractivity contribution in [3.8, 4) is 0 Å². The molecule has 1 heterocycles. The van der Waals surface area contributed by atoms with Crippen molar-refractivity contribution in [2.75, 3.05) is 27.9 Å². The Morgan fingerprint density at radius 3 is 1.65 bits per heavy atom. The zero-order valence-electron chi connectivity index (χ0n) is 67.3. The summed E-state index contributed by atoms with van der Waals surface area (Å²) in [6.07, 6.45) is 6.34.